The Morgan fingerprint density at radius 2 is 1.82 bits per heavy atom. The summed E-state index contributed by atoms with van der Waals surface area (Å²) in [5.74, 6) is 0.251. The zero-order valence-corrected chi connectivity index (χ0v) is 24.5. The predicted molar refractivity (Wildman–Crippen MR) is 161 cm³/mol. The van der Waals surface area contributed by atoms with Crippen LogP contribution < -0.4 is 26.0 Å². The maximum atomic E-state index is 13.4. The molecule has 5 rings (SSSR count). The predicted octanol–water partition coefficient (Wildman–Crippen LogP) is 3.50. The molecule has 0 bridgehead atoms. The highest BCUT2D eigenvalue weighted by Gasteiger charge is 2.26. The molecule has 0 atom stereocenters. The number of anilines is 3. The molecule has 14 heteroatoms. The molecule has 0 radical (unpaired) electrons. The summed E-state index contributed by atoms with van der Waals surface area (Å²) in [5.41, 5.74) is 2.60. The Kier molecular flexibility index (Phi) is 8.90. The lowest BCUT2D eigenvalue weighted by molar-refractivity contribution is -0.116. The number of ketones is 1. The molecule has 0 spiro atoms. The second kappa shape index (κ2) is 13.0. The van der Waals surface area contributed by atoms with Gasteiger partial charge in [0.25, 0.3) is 11.5 Å². The quantitative estimate of drug-likeness (QED) is 0.138. The smallest absolute Gasteiger partial charge is 0.276 e. The van der Waals surface area contributed by atoms with Gasteiger partial charge in [0, 0.05) is 30.7 Å². The zero-order chi connectivity index (χ0) is 31.4. The van der Waals surface area contributed by atoms with Crippen molar-refractivity contribution in [3.05, 3.63) is 69.9 Å². The Hall–Kier alpha value is -5.24. The van der Waals surface area contributed by atoms with Gasteiger partial charge in [-0.05, 0) is 56.5 Å². The Bertz CT molecular complexity index is 1770. The number of fused-ring (bicyclic) bond motifs is 1. The van der Waals surface area contributed by atoms with Gasteiger partial charge in [-0.3, -0.25) is 33.9 Å². The third-order valence-corrected chi connectivity index (χ3v) is 7.58. The molecule has 1 aliphatic carbocycles. The molecule has 0 unspecified atom stereocenters. The van der Waals surface area contributed by atoms with Crippen molar-refractivity contribution in [3.63, 3.8) is 0 Å². The second-order valence-corrected chi connectivity index (χ2v) is 10.5. The van der Waals surface area contributed by atoms with E-state index in [1.807, 2.05) is 0 Å². The van der Waals surface area contributed by atoms with Crippen molar-refractivity contribution in [1.82, 2.24) is 30.0 Å². The number of hydrogen-bond donors (Lipinski definition) is 3. The van der Waals surface area contributed by atoms with Gasteiger partial charge < -0.3 is 10.1 Å². The van der Waals surface area contributed by atoms with E-state index in [0.29, 0.717) is 34.0 Å². The van der Waals surface area contributed by atoms with Crippen molar-refractivity contribution in [1.29, 1.82) is 0 Å². The molecule has 4 aromatic heterocycles. The van der Waals surface area contributed by atoms with E-state index in [1.165, 1.54) is 48.8 Å². The molecule has 3 N–H and O–H groups in total. The zero-order valence-electron chi connectivity index (χ0n) is 24.5. The van der Waals surface area contributed by atoms with Crippen molar-refractivity contribution >= 4 is 46.2 Å². The van der Waals surface area contributed by atoms with E-state index in [4.69, 9.17) is 9.94 Å². The number of amides is 2. The molecule has 2 amide bonds. The van der Waals surface area contributed by atoms with Crippen LogP contribution in [0.15, 0.2) is 47.7 Å². The third kappa shape index (κ3) is 6.24. The molecular weight excluding hydrogens is 568 g/mol. The first-order valence-electron chi connectivity index (χ1n) is 14.1. The lowest BCUT2D eigenvalue weighted by atomic mass is 10.0. The molecule has 4 aromatic rings. The summed E-state index contributed by atoms with van der Waals surface area (Å²) >= 11 is 0. The van der Waals surface area contributed by atoms with E-state index in [-0.39, 0.29) is 53.5 Å². The van der Waals surface area contributed by atoms with Crippen LogP contribution >= 0.6 is 0 Å². The van der Waals surface area contributed by atoms with E-state index in [0.717, 1.165) is 25.7 Å². The van der Waals surface area contributed by atoms with E-state index >= 15 is 0 Å². The van der Waals surface area contributed by atoms with E-state index in [1.54, 1.807) is 29.8 Å². The molecule has 1 fully saturated rings. The van der Waals surface area contributed by atoms with Gasteiger partial charge in [0.15, 0.2) is 5.78 Å². The second-order valence-electron chi connectivity index (χ2n) is 10.5. The molecule has 0 aromatic carbocycles. The molecule has 1 aliphatic rings. The number of rotatable bonds is 10. The van der Waals surface area contributed by atoms with Crippen LogP contribution in [-0.2, 0) is 4.79 Å². The van der Waals surface area contributed by atoms with Crippen LogP contribution in [0, 0.1) is 6.92 Å². The van der Waals surface area contributed by atoms with Gasteiger partial charge in [-0.2, -0.15) is 4.98 Å². The first-order valence-corrected chi connectivity index (χ1v) is 14.1. The van der Waals surface area contributed by atoms with Gasteiger partial charge in [0.05, 0.1) is 23.9 Å². The first-order chi connectivity index (χ1) is 21.2. The number of nitrogens with zero attached hydrogens (tertiary/aromatic N) is 6. The lowest BCUT2D eigenvalue weighted by Crippen LogP contribution is -2.33. The van der Waals surface area contributed by atoms with Gasteiger partial charge in [-0.25, -0.2) is 20.4 Å². The first kappa shape index (κ1) is 30.2. The van der Waals surface area contributed by atoms with Crippen LogP contribution in [0.2, 0.25) is 0 Å². The fourth-order valence-electron chi connectivity index (χ4n) is 5.40. The fraction of sp³-hybridized carbons (Fsp3) is 0.333. The molecule has 4 heterocycles. The Balaban J connectivity index is 1.28. The standard InChI is InChI=1S/C30H32N8O6/c1-17-23-16-33-30(35-27(23)38(21-6-4-5-7-21)29(42)26(17)18(2)39)34-24-10-9-22(15-31-24)44-13-12-37(19(3)40)25-11-8-20(14-32-25)28(41)36-43/h8-11,14-16,21,43H,4-7,12-13H2,1-3H3,(H,36,41)(H,31,33,34,35). The monoisotopic (exact) mass is 600 g/mol. The van der Waals surface area contributed by atoms with Gasteiger partial charge in [-0.15, -0.1) is 0 Å². The van der Waals surface area contributed by atoms with E-state index in [9.17, 15) is 19.2 Å². The van der Waals surface area contributed by atoms with Crippen molar-refractivity contribution in [3.8, 4) is 5.75 Å². The van der Waals surface area contributed by atoms with Crippen LogP contribution in [0.3, 0.4) is 0 Å². The molecule has 0 saturated heterocycles. The molecule has 1 saturated carbocycles. The highest BCUT2D eigenvalue weighted by Crippen LogP contribution is 2.32. The third-order valence-electron chi connectivity index (χ3n) is 7.58. The number of aryl methyl sites for hydroxylation is 1. The minimum atomic E-state index is -0.706. The van der Waals surface area contributed by atoms with Crippen LogP contribution in [-0.4, -0.2) is 60.5 Å². The Labute approximate surface area is 252 Å². The number of hydrogen-bond acceptors (Lipinski definition) is 11. The summed E-state index contributed by atoms with van der Waals surface area (Å²) < 4.78 is 7.43. The highest BCUT2D eigenvalue weighted by molar-refractivity contribution is 5.99. The van der Waals surface area contributed by atoms with Crippen molar-refractivity contribution in [2.24, 2.45) is 0 Å². The number of carbonyl (C=O) groups excluding carboxylic acids is 3. The summed E-state index contributed by atoms with van der Waals surface area (Å²) in [4.78, 5) is 68.5. The number of ether oxygens (including phenoxy) is 1. The summed E-state index contributed by atoms with van der Waals surface area (Å²) in [7, 11) is 0. The average molecular weight is 601 g/mol. The minimum absolute atomic E-state index is 0.0251. The van der Waals surface area contributed by atoms with Crippen LogP contribution in [0.4, 0.5) is 17.6 Å². The molecule has 14 nitrogen and oxygen atoms in total. The maximum absolute atomic E-state index is 13.4. The topological polar surface area (TPSA) is 182 Å². The lowest BCUT2D eigenvalue weighted by Gasteiger charge is -2.20. The van der Waals surface area contributed by atoms with Gasteiger partial charge in [0.2, 0.25) is 11.9 Å². The number of nitrogens with one attached hydrogen (secondary N) is 2. The number of hydroxylamine groups is 1. The van der Waals surface area contributed by atoms with Gasteiger partial charge in [0.1, 0.15) is 29.6 Å². The Morgan fingerprint density at radius 1 is 1.05 bits per heavy atom. The fourth-order valence-corrected chi connectivity index (χ4v) is 5.40. The Morgan fingerprint density at radius 3 is 2.43 bits per heavy atom. The molecule has 44 heavy (non-hydrogen) atoms. The molecule has 0 aliphatic heterocycles. The average Bonchev–Trinajstić information content (AvgIpc) is 3.54. The SMILES string of the molecule is CC(=O)c1c(C)c2cnc(Nc3ccc(OCCN(C(C)=O)c4ccc(C(=O)NO)cn4)cn3)nc2n(C2CCCC2)c1=O. The molecular formula is C30H32N8O6. The minimum Gasteiger partial charge on any atom is -0.490 e. The van der Waals surface area contributed by atoms with Crippen LogP contribution in [0.5, 0.6) is 5.75 Å². The van der Waals surface area contributed by atoms with Crippen molar-refractivity contribution < 1.29 is 24.3 Å². The van der Waals surface area contributed by atoms with Crippen LogP contribution in [0.25, 0.3) is 11.0 Å². The number of pyridine rings is 3. The maximum Gasteiger partial charge on any atom is 0.276 e. The largest absolute Gasteiger partial charge is 0.490 e. The van der Waals surface area contributed by atoms with Crippen molar-refractivity contribution in [2.45, 2.75) is 52.5 Å². The highest BCUT2D eigenvalue weighted by atomic mass is 16.5. The van der Waals surface area contributed by atoms with Crippen molar-refractivity contribution in [2.75, 3.05) is 23.4 Å². The number of Topliss-reactive ketones (excluding diaryl/α,β-unsaturated/α-hetero) is 1. The summed E-state index contributed by atoms with van der Waals surface area (Å²) in [6, 6.07) is 6.30. The summed E-state index contributed by atoms with van der Waals surface area (Å²) in [6.45, 7) is 4.87. The van der Waals surface area contributed by atoms with E-state index in [2.05, 4.69) is 25.3 Å². The van der Waals surface area contributed by atoms with Crippen LogP contribution in [0.1, 0.15) is 71.9 Å². The summed E-state index contributed by atoms with van der Waals surface area (Å²) in [5, 5.41) is 12.5. The molecule has 228 valence electrons. The van der Waals surface area contributed by atoms with Gasteiger partial charge >= 0.3 is 0 Å². The normalized spacial score (nSPS) is 13.1. The van der Waals surface area contributed by atoms with Gasteiger partial charge in [-0.1, -0.05) is 12.8 Å². The number of aromatic nitrogens is 5. The number of carbonyl (C=O) groups is 3. The van der Waals surface area contributed by atoms with E-state index < -0.39 is 5.91 Å². The summed E-state index contributed by atoms with van der Waals surface area (Å²) in [6.07, 6.45) is 8.12.